The molecule has 1 aromatic carbocycles. The third-order valence-corrected chi connectivity index (χ3v) is 9.07. The molecule has 1 aliphatic rings. The normalized spacial score (nSPS) is 15.1. The molecule has 1 fully saturated rings. The van der Waals surface area contributed by atoms with Crippen molar-refractivity contribution in [3.8, 4) is 0 Å². The average Bonchev–Trinajstić information content (AvgIpc) is 3.53. The summed E-state index contributed by atoms with van der Waals surface area (Å²) in [6, 6.07) is 8.23. The van der Waals surface area contributed by atoms with Gasteiger partial charge >= 0.3 is 12.2 Å². The van der Waals surface area contributed by atoms with Crippen molar-refractivity contribution in [1.82, 2.24) is 18.6 Å². The van der Waals surface area contributed by atoms with Crippen LogP contribution >= 0.6 is 0 Å². The summed E-state index contributed by atoms with van der Waals surface area (Å²) in [6.45, 7) is 13.7. The van der Waals surface area contributed by atoms with E-state index in [1.54, 1.807) is 76.6 Å². The van der Waals surface area contributed by atoms with Crippen molar-refractivity contribution >= 4 is 50.2 Å². The molecule has 1 saturated heterocycles. The second-order valence-electron chi connectivity index (χ2n) is 13.3. The molecular formula is C31H41N7O6S. The Kier molecular flexibility index (Phi) is 8.34. The van der Waals surface area contributed by atoms with Crippen LogP contribution in [-0.2, 0) is 19.5 Å². The molecule has 45 heavy (non-hydrogen) atoms. The monoisotopic (exact) mass is 639 g/mol. The Bertz CT molecular complexity index is 1810. The van der Waals surface area contributed by atoms with Crippen molar-refractivity contribution in [2.24, 2.45) is 11.7 Å². The number of carbonyl (C=O) groups excluding carboxylic acids is 2. The Morgan fingerprint density at radius 1 is 0.978 bits per heavy atom. The number of benzene rings is 1. The molecule has 0 saturated carbocycles. The summed E-state index contributed by atoms with van der Waals surface area (Å²) in [5.41, 5.74) is 6.05. The van der Waals surface area contributed by atoms with Gasteiger partial charge in [-0.2, -0.15) is 0 Å². The van der Waals surface area contributed by atoms with Gasteiger partial charge in [0.05, 0.1) is 11.1 Å². The van der Waals surface area contributed by atoms with Gasteiger partial charge in [-0.1, -0.05) is 17.7 Å². The first kappa shape index (κ1) is 32.2. The van der Waals surface area contributed by atoms with Crippen LogP contribution in [0.3, 0.4) is 0 Å². The number of rotatable bonds is 5. The van der Waals surface area contributed by atoms with E-state index in [9.17, 15) is 18.0 Å². The highest BCUT2D eigenvalue weighted by Crippen LogP contribution is 2.33. The number of piperidine rings is 1. The molecule has 2 N–H and O–H groups in total. The van der Waals surface area contributed by atoms with Crippen LogP contribution in [0.4, 0.5) is 15.5 Å². The highest BCUT2D eigenvalue weighted by molar-refractivity contribution is 7.90. The molecule has 2 amide bonds. The number of imidazole rings is 1. The molecule has 3 aromatic heterocycles. The highest BCUT2D eigenvalue weighted by atomic mass is 32.2. The van der Waals surface area contributed by atoms with E-state index in [-0.39, 0.29) is 16.5 Å². The van der Waals surface area contributed by atoms with Crippen molar-refractivity contribution in [2.75, 3.05) is 29.5 Å². The largest absolute Gasteiger partial charge is 0.443 e. The van der Waals surface area contributed by atoms with Gasteiger partial charge in [-0.3, -0.25) is 0 Å². The van der Waals surface area contributed by atoms with Crippen LogP contribution in [-0.4, -0.2) is 70.1 Å². The van der Waals surface area contributed by atoms with E-state index in [0.29, 0.717) is 42.0 Å². The first-order valence-electron chi connectivity index (χ1n) is 14.9. The molecule has 14 heteroatoms. The molecular weight excluding hydrogens is 598 g/mol. The van der Waals surface area contributed by atoms with Crippen LogP contribution in [0.2, 0.25) is 0 Å². The topological polar surface area (TPSA) is 155 Å². The van der Waals surface area contributed by atoms with E-state index in [1.807, 2.05) is 11.9 Å². The summed E-state index contributed by atoms with van der Waals surface area (Å²) in [5.74, 6) is 0.262. The van der Waals surface area contributed by atoms with E-state index >= 15 is 0 Å². The van der Waals surface area contributed by atoms with E-state index in [2.05, 4.69) is 4.98 Å². The number of aromatic nitrogens is 4. The fourth-order valence-electron chi connectivity index (χ4n) is 5.24. The number of fused-ring (bicyclic) bond motifs is 3. The predicted octanol–water partition coefficient (Wildman–Crippen LogP) is 4.91. The van der Waals surface area contributed by atoms with Crippen LogP contribution in [0, 0.1) is 12.8 Å². The van der Waals surface area contributed by atoms with Crippen LogP contribution in [0.5, 0.6) is 0 Å². The molecule has 0 bridgehead atoms. The number of hydrogen-bond donors (Lipinski definition) is 1. The second kappa shape index (κ2) is 11.6. The van der Waals surface area contributed by atoms with Gasteiger partial charge in [-0.05, 0) is 92.0 Å². The maximum atomic E-state index is 13.7. The Morgan fingerprint density at radius 3 is 2.09 bits per heavy atom. The van der Waals surface area contributed by atoms with Crippen LogP contribution in [0.25, 0.3) is 22.1 Å². The van der Waals surface area contributed by atoms with Crippen molar-refractivity contribution in [3.05, 3.63) is 48.3 Å². The maximum Gasteiger partial charge on any atom is 0.427 e. The van der Waals surface area contributed by atoms with Gasteiger partial charge in [0, 0.05) is 24.7 Å². The van der Waals surface area contributed by atoms with Gasteiger partial charge in [0.15, 0.2) is 5.65 Å². The lowest BCUT2D eigenvalue weighted by Crippen LogP contribution is -2.49. The molecule has 0 radical (unpaired) electrons. The third kappa shape index (κ3) is 6.47. The molecule has 0 spiro atoms. The third-order valence-electron chi connectivity index (χ3n) is 7.39. The molecule has 0 unspecified atom stereocenters. The number of nitrogens with two attached hydrogens (primary N) is 1. The van der Waals surface area contributed by atoms with Gasteiger partial charge in [-0.15, -0.1) is 4.90 Å². The SMILES string of the molecule is Cc1ccc(S(=O)(=O)n2ccc3c2ncc2nc(N(C(=O)OC(C)(C)C)C(=O)OC(C)(C)C)n(N4CCC(CN)CC4)c23)cc1. The summed E-state index contributed by atoms with van der Waals surface area (Å²) in [5, 5.41) is 2.44. The smallest absolute Gasteiger partial charge is 0.427 e. The van der Waals surface area contributed by atoms with Crippen molar-refractivity contribution in [1.29, 1.82) is 0 Å². The number of anilines is 1. The number of carbonyl (C=O) groups is 2. The van der Waals surface area contributed by atoms with E-state index in [4.69, 9.17) is 20.2 Å². The van der Waals surface area contributed by atoms with Gasteiger partial charge in [0.2, 0.25) is 5.95 Å². The molecule has 0 aliphatic carbocycles. The Balaban J connectivity index is 1.75. The average molecular weight is 640 g/mol. The van der Waals surface area contributed by atoms with Crippen LogP contribution in [0.1, 0.15) is 59.9 Å². The zero-order chi connectivity index (χ0) is 32.9. The van der Waals surface area contributed by atoms with Crippen molar-refractivity contribution < 1.29 is 27.5 Å². The van der Waals surface area contributed by atoms with Crippen LogP contribution in [0.15, 0.2) is 47.6 Å². The standard InChI is InChI=1S/C31H41N7O6S/c1-20-8-10-22(11-9-20)45(41,42)36-17-14-23-25-24(19-33-26(23)36)34-27(38(25)35-15-12-21(18-32)13-16-35)37(28(39)43-30(2,3)4)29(40)44-31(5,6)7/h8-11,14,17,19,21H,12-13,15-16,18,32H2,1-7H3. The first-order valence-corrected chi connectivity index (χ1v) is 16.4. The number of ether oxygens (including phenoxy) is 2. The fourth-order valence-corrected chi connectivity index (χ4v) is 6.54. The van der Waals surface area contributed by atoms with Crippen LogP contribution < -0.4 is 15.6 Å². The highest BCUT2D eigenvalue weighted by Gasteiger charge is 2.38. The molecule has 0 atom stereocenters. The summed E-state index contributed by atoms with van der Waals surface area (Å²) < 4.78 is 41.6. The fraction of sp³-hybridized carbons (Fsp3) is 0.484. The van der Waals surface area contributed by atoms with Crippen molar-refractivity contribution in [2.45, 2.75) is 77.4 Å². The minimum atomic E-state index is -3.99. The molecule has 4 heterocycles. The van der Waals surface area contributed by atoms with E-state index in [0.717, 1.165) is 27.3 Å². The Hall–Kier alpha value is -4.17. The van der Waals surface area contributed by atoms with Gasteiger partial charge < -0.3 is 20.2 Å². The predicted molar refractivity (Wildman–Crippen MR) is 171 cm³/mol. The minimum absolute atomic E-state index is 0.0526. The van der Waals surface area contributed by atoms with Gasteiger partial charge in [0.25, 0.3) is 10.0 Å². The number of pyridine rings is 1. The molecule has 1 aliphatic heterocycles. The van der Waals surface area contributed by atoms with Gasteiger partial charge in [-0.25, -0.2) is 36.6 Å². The summed E-state index contributed by atoms with van der Waals surface area (Å²) in [6.07, 6.45) is 2.50. The number of amides is 2. The summed E-state index contributed by atoms with van der Waals surface area (Å²) in [4.78, 5) is 37.5. The van der Waals surface area contributed by atoms with E-state index in [1.165, 1.54) is 12.4 Å². The zero-order valence-corrected chi connectivity index (χ0v) is 27.6. The molecule has 242 valence electrons. The number of nitrogens with zero attached hydrogens (tertiary/aromatic N) is 6. The van der Waals surface area contributed by atoms with E-state index < -0.39 is 33.4 Å². The lowest BCUT2D eigenvalue weighted by molar-refractivity contribution is 0.0425. The summed E-state index contributed by atoms with van der Waals surface area (Å²) >= 11 is 0. The second-order valence-corrected chi connectivity index (χ2v) is 15.1. The van der Waals surface area contributed by atoms with Gasteiger partial charge in [0.1, 0.15) is 22.2 Å². The number of hydrogen-bond acceptors (Lipinski definition) is 10. The quantitative estimate of drug-likeness (QED) is 0.318. The zero-order valence-electron chi connectivity index (χ0n) is 26.8. The lowest BCUT2D eigenvalue weighted by Gasteiger charge is -2.36. The Morgan fingerprint density at radius 2 is 1.56 bits per heavy atom. The summed E-state index contributed by atoms with van der Waals surface area (Å²) in [7, 11) is -3.99. The first-order chi connectivity index (χ1) is 21.0. The molecule has 5 rings (SSSR count). The lowest BCUT2D eigenvalue weighted by atomic mass is 9.98. The Labute approximate surface area is 262 Å². The van der Waals surface area contributed by atoms with Crippen molar-refractivity contribution in [3.63, 3.8) is 0 Å². The minimum Gasteiger partial charge on any atom is -0.443 e. The molecule has 4 aromatic rings. The maximum absolute atomic E-state index is 13.7. The molecule has 13 nitrogen and oxygen atoms in total. The number of imide groups is 1. The number of aryl methyl sites for hydroxylation is 1.